The summed E-state index contributed by atoms with van der Waals surface area (Å²) in [6.45, 7) is 6.87. The molecule has 35 heavy (non-hydrogen) atoms. The van der Waals surface area contributed by atoms with Crippen LogP contribution < -0.4 is 0 Å². The number of rotatable bonds is 4. The largest absolute Gasteiger partial charge is 0.457 e. The van der Waals surface area contributed by atoms with E-state index in [1.165, 1.54) is 24.3 Å². The van der Waals surface area contributed by atoms with Crippen LogP contribution in [0.4, 0.5) is 13.2 Å². The second-order valence-corrected chi connectivity index (χ2v) is 9.55. The predicted octanol–water partition coefficient (Wildman–Crippen LogP) is 4.52. The van der Waals surface area contributed by atoms with Crippen molar-refractivity contribution in [3.05, 3.63) is 47.7 Å². The Morgan fingerprint density at radius 3 is 2.37 bits per heavy atom. The third-order valence-corrected chi connectivity index (χ3v) is 5.91. The standard InChI is InChI=1S/C24H25F3O8/c1-22(2)32-17-16(31-21-19(18(17)33-22)34-23(3,4)35-21)11-29-20(28)15-9-8-14(30-15)12-6-5-7-13(10-12)24(25,26)27/h5-10,16-19,21H,11H2,1-4H3/t16-,17+,18+,19-,21-/m1/s1. The zero-order chi connectivity index (χ0) is 25.2. The summed E-state index contributed by atoms with van der Waals surface area (Å²) in [6.07, 6.45) is -7.51. The minimum atomic E-state index is -4.49. The van der Waals surface area contributed by atoms with Crippen molar-refractivity contribution in [2.75, 3.05) is 6.61 Å². The lowest BCUT2D eigenvalue weighted by Gasteiger charge is -2.36. The summed E-state index contributed by atoms with van der Waals surface area (Å²) in [4.78, 5) is 12.6. The number of furan rings is 1. The molecule has 3 aliphatic heterocycles. The number of benzene rings is 1. The van der Waals surface area contributed by atoms with E-state index in [0.29, 0.717) is 0 Å². The first kappa shape index (κ1) is 24.3. The van der Waals surface area contributed by atoms with Crippen LogP contribution in [0, 0.1) is 0 Å². The Morgan fingerprint density at radius 2 is 1.63 bits per heavy atom. The van der Waals surface area contributed by atoms with Gasteiger partial charge < -0.3 is 32.8 Å². The van der Waals surface area contributed by atoms with Gasteiger partial charge in [0.2, 0.25) is 5.76 Å². The van der Waals surface area contributed by atoms with Gasteiger partial charge in [-0.05, 0) is 52.0 Å². The van der Waals surface area contributed by atoms with Crippen LogP contribution in [0.1, 0.15) is 43.8 Å². The maximum atomic E-state index is 13.0. The second-order valence-electron chi connectivity index (χ2n) is 9.55. The molecule has 0 amide bonds. The summed E-state index contributed by atoms with van der Waals surface area (Å²) in [6, 6.07) is 7.38. The van der Waals surface area contributed by atoms with Crippen molar-refractivity contribution in [2.24, 2.45) is 0 Å². The number of halogens is 3. The highest BCUT2D eigenvalue weighted by Crippen LogP contribution is 2.44. The molecule has 0 unspecified atom stereocenters. The topological polar surface area (TPSA) is 85.6 Å². The summed E-state index contributed by atoms with van der Waals surface area (Å²) >= 11 is 0. The molecule has 8 nitrogen and oxygen atoms in total. The minimum absolute atomic E-state index is 0.105. The molecule has 1 aromatic carbocycles. The monoisotopic (exact) mass is 498 g/mol. The molecule has 1 aromatic heterocycles. The van der Waals surface area contributed by atoms with Gasteiger partial charge in [-0.3, -0.25) is 0 Å². The summed E-state index contributed by atoms with van der Waals surface area (Å²) in [7, 11) is 0. The molecule has 4 heterocycles. The van der Waals surface area contributed by atoms with E-state index in [2.05, 4.69) is 0 Å². The maximum absolute atomic E-state index is 13.0. The molecule has 0 radical (unpaired) electrons. The SMILES string of the molecule is CC1(C)O[C@H]2[C@@H](O1)[C@@H](COC(=O)c1ccc(-c3cccc(C(F)(F)F)c3)o1)O[C@@H]1OC(C)(C)O[C@@H]12. The smallest absolute Gasteiger partial charge is 0.416 e. The molecule has 5 atom stereocenters. The van der Waals surface area contributed by atoms with Gasteiger partial charge in [0.25, 0.3) is 0 Å². The van der Waals surface area contributed by atoms with Gasteiger partial charge in [0.1, 0.15) is 36.8 Å². The Morgan fingerprint density at radius 1 is 0.943 bits per heavy atom. The van der Waals surface area contributed by atoms with Crippen molar-refractivity contribution >= 4 is 5.97 Å². The van der Waals surface area contributed by atoms with Crippen molar-refractivity contribution < 1.29 is 50.8 Å². The Kier molecular flexibility index (Phi) is 5.76. The Bertz CT molecular complexity index is 1110. The molecule has 11 heteroatoms. The highest BCUT2D eigenvalue weighted by molar-refractivity contribution is 5.87. The molecule has 0 N–H and O–H groups in total. The van der Waals surface area contributed by atoms with Crippen molar-refractivity contribution in [2.45, 2.75) is 76.2 Å². The predicted molar refractivity (Wildman–Crippen MR) is 112 cm³/mol. The lowest BCUT2D eigenvalue weighted by molar-refractivity contribution is -0.240. The number of ether oxygens (including phenoxy) is 6. The van der Waals surface area contributed by atoms with Crippen LogP contribution in [0.5, 0.6) is 0 Å². The van der Waals surface area contributed by atoms with Crippen LogP contribution in [-0.4, -0.2) is 54.9 Å². The first-order valence-corrected chi connectivity index (χ1v) is 11.1. The average Bonchev–Trinajstić information content (AvgIpc) is 3.45. The van der Waals surface area contributed by atoms with Gasteiger partial charge in [0.05, 0.1) is 5.56 Å². The van der Waals surface area contributed by atoms with Crippen LogP contribution in [0.2, 0.25) is 0 Å². The molecule has 3 saturated heterocycles. The van der Waals surface area contributed by atoms with E-state index in [-0.39, 0.29) is 23.7 Å². The van der Waals surface area contributed by atoms with E-state index >= 15 is 0 Å². The molecule has 0 aliphatic carbocycles. The van der Waals surface area contributed by atoms with Gasteiger partial charge in [-0.1, -0.05) is 12.1 Å². The molecule has 0 saturated carbocycles. The summed E-state index contributed by atoms with van der Waals surface area (Å²) in [5, 5.41) is 0. The van der Waals surface area contributed by atoms with Gasteiger partial charge in [-0.15, -0.1) is 0 Å². The number of hydrogen-bond acceptors (Lipinski definition) is 8. The lowest BCUT2D eigenvalue weighted by Crippen LogP contribution is -2.56. The molecule has 5 rings (SSSR count). The van der Waals surface area contributed by atoms with Crippen molar-refractivity contribution in [1.29, 1.82) is 0 Å². The molecule has 2 aromatic rings. The maximum Gasteiger partial charge on any atom is 0.416 e. The zero-order valence-electron chi connectivity index (χ0n) is 19.5. The molecule has 3 fully saturated rings. The van der Waals surface area contributed by atoms with Gasteiger partial charge in [-0.25, -0.2) is 4.79 Å². The number of fused-ring (bicyclic) bond motifs is 3. The Labute approximate surface area is 199 Å². The molecular formula is C24H25F3O8. The quantitative estimate of drug-likeness (QED) is 0.569. The molecular weight excluding hydrogens is 473 g/mol. The normalized spacial score (nSPS) is 31.1. The summed E-state index contributed by atoms with van der Waals surface area (Å²) < 4.78 is 79.6. The fourth-order valence-electron chi connectivity index (χ4n) is 4.51. The van der Waals surface area contributed by atoms with Crippen molar-refractivity contribution in [3.63, 3.8) is 0 Å². The van der Waals surface area contributed by atoms with E-state index < -0.39 is 60.0 Å². The number of hydrogen-bond donors (Lipinski definition) is 0. The number of carbonyl (C=O) groups excluding carboxylic acids is 1. The molecule has 3 aliphatic rings. The molecule has 0 spiro atoms. The van der Waals surface area contributed by atoms with Crippen LogP contribution >= 0.6 is 0 Å². The molecule has 0 bridgehead atoms. The first-order chi connectivity index (χ1) is 16.3. The van der Waals surface area contributed by atoms with E-state index in [4.69, 9.17) is 32.8 Å². The fourth-order valence-corrected chi connectivity index (χ4v) is 4.51. The Balaban J connectivity index is 1.27. The van der Waals surface area contributed by atoms with Gasteiger partial charge in [0, 0.05) is 5.56 Å². The van der Waals surface area contributed by atoms with E-state index in [9.17, 15) is 18.0 Å². The van der Waals surface area contributed by atoms with Crippen LogP contribution in [0.15, 0.2) is 40.8 Å². The van der Waals surface area contributed by atoms with E-state index in [0.717, 1.165) is 12.1 Å². The van der Waals surface area contributed by atoms with Gasteiger partial charge in [0.15, 0.2) is 17.9 Å². The Hall–Kier alpha value is -2.44. The van der Waals surface area contributed by atoms with Crippen LogP contribution in [0.3, 0.4) is 0 Å². The van der Waals surface area contributed by atoms with Crippen molar-refractivity contribution in [1.82, 2.24) is 0 Å². The van der Waals surface area contributed by atoms with E-state index in [1.54, 1.807) is 27.7 Å². The van der Waals surface area contributed by atoms with Gasteiger partial charge >= 0.3 is 12.1 Å². The van der Waals surface area contributed by atoms with Crippen LogP contribution in [-0.2, 0) is 34.6 Å². The molecule has 190 valence electrons. The first-order valence-electron chi connectivity index (χ1n) is 11.1. The number of carbonyl (C=O) groups is 1. The van der Waals surface area contributed by atoms with Gasteiger partial charge in [-0.2, -0.15) is 13.2 Å². The number of esters is 1. The highest BCUT2D eigenvalue weighted by Gasteiger charge is 2.60. The average molecular weight is 498 g/mol. The number of alkyl halides is 3. The van der Waals surface area contributed by atoms with E-state index in [1.807, 2.05) is 0 Å². The minimum Gasteiger partial charge on any atom is -0.457 e. The summed E-state index contributed by atoms with van der Waals surface area (Å²) in [5.74, 6) is -2.63. The zero-order valence-corrected chi connectivity index (χ0v) is 19.5. The van der Waals surface area contributed by atoms with Crippen molar-refractivity contribution in [3.8, 4) is 11.3 Å². The third-order valence-electron chi connectivity index (χ3n) is 5.91. The highest BCUT2D eigenvalue weighted by atomic mass is 19.4. The second kappa shape index (κ2) is 8.31. The third kappa shape index (κ3) is 4.83. The lowest BCUT2D eigenvalue weighted by atomic mass is 9.99. The van der Waals surface area contributed by atoms with Crippen LogP contribution in [0.25, 0.3) is 11.3 Å². The fraction of sp³-hybridized carbons (Fsp3) is 0.542. The summed E-state index contributed by atoms with van der Waals surface area (Å²) in [5.41, 5.74) is -0.635.